The Balaban J connectivity index is 2.24. The largest absolute Gasteiger partial charge is 0.462 e. The van der Waals surface area contributed by atoms with Crippen molar-refractivity contribution >= 4 is 5.97 Å². The molecule has 0 aromatic rings. The number of carbonyl (C=O) groups excluding carboxylic acids is 1. The first-order valence-corrected chi connectivity index (χ1v) is 4.40. The lowest BCUT2D eigenvalue weighted by Gasteiger charge is -2.12. The van der Waals surface area contributed by atoms with E-state index in [-0.39, 0.29) is 18.0 Å². The van der Waals surface area contributed by atoms with Gasteiger partial charge in [0.1, 0.15) is 6.10 Å². The molecule has 1 saturated carbocycles. The van der Waals surface area contributed by atoms with Crippen LogP contribution in [0.4, 0.5) is 0 Å². The van der Waals surface area contributed by atoms with Crippen molar-refractivity contribution in [2.24, 2.45) is 5.92 Å². The Kier molecular flexibility index (Phi) is 2.92. The zero-order valence-corrected chi connectivity index (χ0v) is 7.30. The van der Waals surface area contributed by atoms with Crippen molar-refractivity contribution in [2.75, 3.05) is 0 Å². The molecule has 0 aromatic heterocycles. The van der Waals surface area contributed by atoms with Gasteiger partial charge >= 0.3 is 5.97 Å². The molecule has 0 saturated heterocycles. The summed E-state index contributed by atoms with van der Waals surface area (Å²) in [5.41, 5.74) is 0. The van der Waals surface area contributed by atoms with Gasteiger partial charge in [-0.3, -0.25) is 4.79 Å². The third-order valence-electron chi connectivity index (χ3n) is 2.06. The van der Waals surface area contributed by atoms with E-state index in [1.807, 2.05) is 13.8 Å². The highest BCUT2D eigenvalue weighted by Crippen LogP contribution is 2.21. The Hall–Kier alpha value is -0.530. The summed E-state index contributed by atoms with van der Waals surface area (Å²) in [5.74, 6) is -0.0208. The number of hydrogen-bond donors (Lipinski definition) is 0. The van der Waals surface area contributed by atoms with Gasteiger partial charge in [0.05, 0.1) is 5.92 Å². The first-order chi connectivity index (χ1) is 5.20. The molecule has 0 atom stereocenters. The maximum atomic E-state index is 11.1. The first kappa shape index (κ1) is 8.57. The maximum Gasteiger partial charge on any atom is 0.308 e. The summed E-state index contributed by atoms with van der Waals surface area (Å²) in [5, 5.41) is 0. The fourth-order valence-electron chi connectivity index (χ4n) is 1.31. The molecule has 0 N–H and O–H groups in total. The van der Waals surface area contributed by atoms with Crippen LogP contribution in [0.15, 0.2) is 0 Å². The highest BCUT2D eigenvalue weighted by molar-refractivity contribution is 5.71. The van der Waals surface area contributed by atoms with E-state index in [1.165, 1.54) is 12.8 Å². The molecular weight excluding hydrogens is 140 g/mol. The minimum absolute atomic E-state index is 0.0237. The van der Waals surface area contributed by atoms with Crippen molar-refractivity contribution in [3.63, 3.8) is 0 Å². The van der Waals surface area contributed by atoms with Crippen LogP contribution in [0.25, 0.3) is 0 Å². The fraction of sp³-hybridized carbons (Fsp3) is 0.889. The van der Waals surface area contributed by atoms with Gasteiger partial charge in [-0.05, 0) is 25.7 Å². The van der Waals surface area contributed by atoms with Gasteiger partial charge in [0.25, 0.3) is 0 Å². The second kappa shape index (κ2) is 3.74. The van der Waals surface area contributed by atoms with Crippen LogP contribution in [-0.4, -0.2) is 12.1 Å². The summed E-state index contributed by atoms with van der Waals surface area (Å²) in [6, 6.07) is 0. The number of rotatable bonds is 2. The standard InChI is InChI=1S/C9H16O2/c1-7(2)9(10)11-8-5-3-4-6-8/h7-8H,3-6H2,1-2H3. The van der Waals surface area contributed by atoms with Gasteiger partial charge in [0.2, 0.25) is 0 Å². The number of hydrogen-bond acceptors (Lipinski definition) is 2. The molecule has 1 aliphatic carbocycles. The molecule has 0 aliphatic heterocycles. The summed E-state index contributed by atoms with van der Waals surface area (Å²) in [6.07, 6.45) is 4.80. The third kappa shape index (κ3) is 2.52. The fourth-order valence-corrected chi connectivity index (χ4v) is 1.31. The Morgan fingerprint density at radius 1 is 1.36 bits per heavy atom. The summed E-state index contributed by atoms with van der Waals surface area (Å²) in [6.45, 7) is 3.74. The summed E-state index contributed by atoms with van der Waals surface area (Å²) < 4.78 is 5.23. The highest BCUT2D eigenvalue weighted by Gasteiger charge is 2.20. The van der Waals surface area contributed by atoms with Crippen LogP contribution in [0.1, 0.15) is 39.5 Å². The van der Waals surface area contributed by atoms with Crippen LogP contribution in [0, 0.1) is 5.92 Å². The monoisotopic (exact) mass is 156 g/mol. The van der Waals surface area contributed by atoms with Crippen molar-refractivity contribution in [3.8, 4) is 0 Å². The van der Waals surface area contributed by atoms with Gasteiger partial charge in [-0.15, -0.1) is 0 Å². The molecule has 0 radical (unpaired) electrons. The van der Waals surface area contributed by atoms with E-state index >= 15 is 0 Å². The second-order valence-corrected chi connectivity index (χ2v) is 3.50. The number of ether oxygens (including phenoxy) is 1. The molecule has 64 valence electrons. The van der Waals surface area contributed by atoms with Crippen molar-refractivity contribution in [2.45, 2.75) is 45.6 Å². The predicted octanol–water partition coefficient (Wildman–Crippen LogP) is 2.13. The average molecular weight is 156 g/mol. The molecule has 11 heavy (non-hydrogen) atoms. The zero-order valence-electron chi connectivity index (χ0n) is 7.30. The van der Waals surface area contributed by atoms with E-state index in [9.17, 15) is 4.79 Å². The Morgan fingerprint density at radius 3 is 2.36 bits per heavy atom. The van der Waals surface area contributed by atoms with E-state index in [0.717, 1.165) is 12.8 Å². The van der Waals surface area contributed by atoms with Crippen LogP contribution in [0.2, 0.25) is 0 Å². The predicted molar refractivity (Wildman–Crippen MR) is 43.2 cm³/mol. The molecule has 0 amide bonds. The molecule has 0 heterocycles. The Bertz CT molecular complexity index is 134. The average Bonchev–Trinajstić information content (AvgIpc) is 2.39. The van der Waals surface area contributed by atoms with Crippen molar-refractivity contribution in [3.05, 3.63) is 0 Å². The first-order valence-electron chi connectivity index (χ1n) is 4.40. The van der Waals surface area contributed by atoms with Crippen molar-refractivity contribution < 1.29 is 9.53 Å². The van der Waals surface area contributed by atoms with E-state index in [4.69, 9.17) is 4.74 Å². The minimum Gasteiger partial charge on any atom is -0.462 e. The molecule has 1 fully saturated rings. The van der Waals surface area contributed by atoms with Crippen LogP contribution >= 0.6 is 0 Å². The smallest absolute Gasteiger partial charge is 0.308 e. The molecule has 0 spiro atoms. The number of esters is 1. The summed E-state index contributed by atoms with van der Waals surface area (Å²) in [7, 11) is 0. The van der Waals surface area contributed by atoms with Crippen LogP contribution < -0.4 is 0 Å². The lowest BCUT2D eigenvalue weighted by molar-refractivity contribution is -0.152. The normalized spacial score (nSPS) is 19.2. The quantitative estimate of drug-likeness (QED) is 0.572. The molecule has 2 heteroatoms. The van der Waals surface area contributed by atoms with E-state index in [1.54, 1.807) is 0 Å². The topological polar surface area (TPSA) is 26.3 Å². The van der Waals surface area contributed by atoms with Gasteiger partial charge in [-0.1, -0.05) is 13.8 Å². The molecule has 1 rings (SSSR count). The SMILES string of the molecule is CC(C)C(=O)OC1CCCC1. The number of carbonyl (C=O) groups is 1. The summed E-state index contributed by atoms with van der Waals surface area (Å²) >= 11 is 0. The van der Waals surface area contributed by atoms with E-state index < -0.39 is 0 Å². The molecule has 0 unspecified atom stereocenters. The Labute approximate surface area is 67.9 Å². The minimum atomic E-state index is -0.0445. The van der Waals surface area contributed by atoms with Gasteiger partial charge in [0.15, 0.2) is 0 Å². The van der Waals surface area contributed by atoms with E-state index in [2.05, 4.69) is 0 Å². The summed E-state index contributed by atoms with van der Waals surface area (Å²) in [4.78, 5) is 11.1. The van der Waals surface area contributed by atoms with E-state index in [0.29, 0.717) is 0 Å². The zero-order chi connectivity index (χ0) is 8.27. The van der Waals surface area contributed by atoms with Gasteiger partial charge in [-0.2, -0.15) is 0 Å². The van der Waals surface area contributed by atoms with Gasteiger partial charge < -0.3 is 4.74 Å². The highest BCUT2D eigenvalue weighted by atomic mass is 16.5. The molecule has 0 aromatic carbocycles. The molecule has 2 nitrogen and oxygen atoms in total. The Morgan fingerprint density at radius 2 is 1.91 bits per heavy atom. The third-order valence-corrected chi connectivity index (χ3v) is 2.06. The van der Waals surface area contributed by atoms with Crippen molar-refractivity contribution in [1.29, 1.82) is 0 Å². The second-order valence-electron chi connectivity index (χ2n) is 3.50. The van der Waals surface area contributed by atoms with Gasteiger partial charge in [-0.25, -0.2) is 0 Å². The van der Waals surface area contributed by atoms with Crippen LogP contribution in [-0.2, 0) is 9.53 Å². The van der Waals surface area contributed by atoms with Crippen LogP contribution in [0.5, 0.6) is 0 Å². The molecular formula is C9H16O2. The molecule has 1 aliphatic rings. The lowest BCUT2D eigenvalue weighted by atomic mass is 10.2. The lowest BCUT2D eigenvalue weighted by Crippen LogP contribution is -2.18. The van der Waals surface area contributed by atoms with Crippen LogP contribution in [0.3, 0.4) is 0 Å². The van der Waals surface area contributed by atoms with Crippen molar-refractivity contribution in [1.82, 2.24) is 0 Å². The van der Waals surface area contributed by atoms with Gasteiger partial charge in [0, 0.05) is 0 Å². The molecule has 0 bridgehead atoms. The maximum absolute atomic E-state index is 11.1.